The van der Waals surface area contributed by atoms with E-state index in [1.54, 1.807) is 11.8 Å². The topological polar surface area (TPSA) is 90.7 Å². The highest BCUT2D eigenvalue weighted by molar-refractivity contribution is 6.35. The second kappa shape index (κ2) is 9.29. The summed E-state index contributed by atoms with van der Waals surface area (Å²) in [6.45, 7) is 2.26. The molecule has 11 heteroatoms. The van der Waals surface area contributed by atoms with Gasteiger partial charge in [0.2, 0.25) is 0 Å². The van der Waals surface area contributed by atoms with Crippen LogP contribution in [0.15, 0.2) is 36.8 Å². The van der Waals surface area contributed by atoms with Crippen molar-refractivity contribution in [3.63, 3.8) is 0 Å². The molecule has 3 aromatic heterocycles. The molecule has 0 spiro atoms. The number of pyridine rings is 2. The molecule has 1 fully saturated rings. The number of nitrogens with zero attached hydrogens (tertiary/aromatic N) is 5. The van der Waals surface area contributed by atoms with Gasteiger partial charge in [0.25, 0.3) is 0 Å². The molecule has 178 valence electrons. The van der Waals surface area contributed by atoms with Crippen LogP contribution in [0, 0.1) is 23.0 Å². The lowest BCUT2D eigenvalue weighted by Gasteiger charge is -2.21. The summed E-state index contributed by atoms with van der Waals surface area (Å²) in [6.07, 6.45) is 5.15. The summed E-state index contributed by atoms with van der Waals surface area (Å²) in [5.74, 6) is -1.09. The second-order valence-electron chi connectivity index (χ2n) is 8.19. The molecule has 5 rings (SSSR count). The molecule has 2 atom stereocenters. The maximum absolute atomic E-state index is 15.0. The number of nitriles is 1. The van der Waals surface area contributed by atoms with E-state index in [2.05, 4.69) is 26.2 Å². The van der Waals surface area contributed by atoms with Gasteiger partial charge in [-0.25, -0.2) is 13.8 Å². The number of hydrogen-bond donors (Lipinski definition) is 1. The van der Waals surface area contributed by atoms with E-state index < -0.39 is 23.8 Å². The maximum atomic E-state index is 15.0. The Morgan fingerprint density at radius 3 is 2.66 bits per heavy atom. The number of benzene rings is 1. The molecule has 0 unspecified atom stereocenters. The molecular weight excluding hydrogens is 497 g/mol. The molecule has 4 aromatic rings. The summed E-state index contributed by atoms with van der Waals surface area (Å²) >= 11 is 12.4. The normalized spacial score (nSPS) is 16.5. The van der Waals surface area contributed by atoms with Gasteiger partial charge in [-0.05, 0) is 31.9 Å². The summed E-state index contributed by atoms with van der Waals surface area (Å²) in [5.41, 5.74) is 1.67. The van der Waals surface area contributed by atoms with Crippen LogP contribution in [0.1, 0.15) is 31.4 Å². The quantitative estimate of drug-likeness (QED) is 0.339. The summed E-state index contributed by atoms with van der Waals surface area (Å²) in [5, 5.41) is 17.4. The Labute approximate surface area is 209 Å². The lowest BCUT2D eigenvalue weighted by Crippen LogP contribution is -2.29. The van der Waals surface area contributed by atoms with Gasteiger partial charge in [-0.1, -0.05) is 23.2 Å². The van der Waals surface area contributed by atoms with Gasteiger partial charge < -0.3 is 9.64 Å². The van der Waals surface area contributed by atoms with E-state index in [0.717, 1.165) is 6.42 Å². The zero-order valence-electron chi connectivity index (χ0n) is 18.4. The molecular formula is C24H18Cl2F2N6O. The van der Waals surface area contributed by atoms with Gasteiger partial charge in [0, 0.05) is 47.7 Å². The van der Waals surface area contributed by atoms with Gasteiger partial charge in [0.05, 0.1) is 21.6 Å². The van der Waals surface area contributed by atoms with Crippen LogP contribution in [0.3, 0.4) is 0 Å². The Bertz CT molecular complexity index is 1450. The van der Waals surface area contributed by atoms with Crippen molar-refractivity contribution < 1.29 is 13.5 Å². The molecule has 1 aliphatic rings. The fourth-order valence-corrected chi connectivity index (χ4v) is 4.99. The minimum atomic E-state index is -0.674. The van der Waals surface area contributed by atoms with Crippen molar-refractivity contribution in [3.05, 3.63) is 64.0 Å². The molecule has 35 heavy (non-hydrogen) atoms. The molecule has 0 bridgehead atoms. The van der Waals surface area contributed by atoms with Crippen LogP contribution in [0.2, 0.25) is 10.0 Å². The predicted molar refractivity (Wildman–Crippen MR) is 129 cm³/mol. The van der Waals surface area contributed by atoms with Crippen molar-refractivity contribution in [1.29, 1.82) is 5.26 Å². The van der Waals surface area contributed by atoms with Crippen molar-refractivity contribution >= 4 is 39.9 Å². The van der Waals surface area contributed by atoms with Crippen LogP contribution < -0.4 is 9.64 Å². The zero-order valence-corrected chi connectivity index (χ0v) is 19.9. The summed E-state index contributed by atoms with van der Waals surface area (Å²) in [4.78, 5) is 9.86. The Morgan fingerprint density at radius 1 is 1.17 bits per heavy atom. The first-order valence-electron chi connectivity index (χ1n) is 10.8. The first kappa shape index (κ1) is 23.3. The summed E-state index contributed by atoms with van der Waals surface area (Å²) < 4.78 is 35.7. The highest BCUT2D eigenvalue weighted by atomic mass is 35.5. The molecule has 1 aromatic carbocycles. The van der Waals surface area contributed by atoms with E-state index in [-0.39, 0.29) is 11.6 Å². The van der Waals surface area contributed by atoms with E-state index in [9.17, 15) is 9.65 Å². The van der Waals surface area contributed by atoms with Crippen LogP contribution in [-0.2, 0) is 0 Å². The van der Waals surface area contributed by atoms with Crippen LogP contribution in [0.5, 0.6) is 5.75 Å². The highest BCUT2D eigenvalue weighted by Crippen LogP contribution is 2.37. The molecule has 0 aliphatic carbocycles. The Morgan fingerprint density at radius 2 is 1.94 bits per heavy atom. The first-order valence-corrected chi connectivity index (χ1v) is 11.6. The Balaban J connectivity index is 1.49. The molecule has 1 aliphatic heterocycles. The molecule has 4 heterocycles. The zero-order chi connectivity index (χ0) is 24.7. The molecule has 1 N–H and O–H groups in total. The number of H-pyrrole nitrogens is 1. The lowest BCUT2D eigenvalue weighted by molar-refractivity contribution is 0.217. The number of halogens is 4. The van der Waals surface area contributed by atoms with Crippen LogP contribution in [-0.4, -0.2) is 32.8 Å². The maximum Gasteiger partial charge on any atom is 0.167 e. The van der Waals surface area contributed by atoms with Crippen LogP contribution in [0.4, 0.5) is 14.6 Å². The molecule has 0 amide bonds. The van der Waals surface area contributed by atoms with Crippen LogP contribution in [0.25, 0.3) is 22.2 Å². The number of hydrogen-bond acceptors (Lipinski definition) is 6. The molecule has 0 radical (unpaired) electrons. The number of aromatic nitrogens is 4. The minimum absolute atomic E-state index is 0.0458. The first-order chi connectivity index (χ1) is 16.9. The predicted octanol–water partition coefficient (Wildman–Crippen LogP) is 6.24. The molecule has 1 saturated heterocycles. The monoisotopic (exact) mass is 514 g/mol. The van der Waals surface area contributed by atoms with E-state index in [1.807, 2.05) is 0 Å². The van der Waals surface area contributed by atoms with E-state index in [0.29, 0.717) is 50.7 Å². The number of ether oxygens (including phenoxy) is 1. The Kier molecular flexibility index (Phi) is 6.17. The van der Waals surface area contributed by atoms with Crippen molar-refractivity contribution in [1.82, 2.24) is 20.2 Å². The number of fused-ring (bicyclic) bond motifs is 1. The summed E-state index contributed by atoms with van der Waals surface area (Å²) in [6, 6.07) is 5.84. The number of rotatable bonds is 5. The van der Waals surface area contributed by atoms with Gasteiger partial charge in [0.1, 0.15) is 17.8 Å². The summed E-state index contributed by atoms with van der Waals surface area (Å²) in [7, 11) is 0. The van der Waals surface area contributed by atoms with Gasteiger partial charge >= 0.3 is 0 Å². The molecule has 0 saturated carbocycles. The number of aromatic amines is 1. The van der Waals surface area contributed by atoms with E-state index in [4.69, 9.17) is 27.9 Å². The van der Waals surface area contributed by atoms with Crippen molar-refractivity contribution in [3.8, 4) is 23.1 Å². The van der Waals surface area contributed by atoms with Crippen molar-refractivity contribution in [2.75, 3.05) is 11.4 Å². The van der Waals surface area contributed by atoms with E-state index >= 15 is 4.39 Å². The van der Waals surface area contributed by atoms with Gasteiger partial charge in [-0.15, -0.1) is 0 Å². The highest BCUT2D eigenvalue weighted by Gasteiger charge is 2.28. The lowest BCUT2D eigenvalue weighted by atomic mass is 10.1. The van der Waals surface area contributed by atoms with E-state index in [1.165, 1.54) is 36.8 Å². The van der Waals surface area contributed by atoms with Crippen LogP contribution >= 0.6 is 23.2 Å². The van der Waals surface area contributed by atoms with Crippen molar-refractivity contribution in [2.45, 2.75) is 31.9 Å². The third-order valence-corrected chi connectivity index (χ3v) is 6.59. The number of nitrogens with one attached hydrogen (secondary N) is 1. The van der Waals surface area contributed by atoms with Crippen molar-refractivity contribution in [2.24, 2.45) is 0 Å². The van der Waals surface area contributed by atoms with Gasteiger partial charge in [-0.3, -0.25) is 10.1 Å². The minimum Gasteiger partial charge on any atom is -0.483 e. The average molecular weight is 515 g/mol. The average Bonchev–Trinajstić information content (AvgIpc) is 3.46. The fraction of sp³-hybridized carbons (Fsp3) is 0.250. The largest absolute Gasteiger partial charge is 0.483 e. The standard InChI is InChI=1S/C24H18Cl2F2N6O/c1-12(22-16(25)10-30-11-17(22)26)35-21-6-15-20(7-18(21)27)32-33-23(15)13-5-19(28)24(31-9-13)34-4-2-3-14(34)8-29/h5-7,9-12,14H,2-4H2,1H3,(H,32,33)/t12-,14+/m1/s1. The second-order valence-corrected chi connectivity index (χ2v) is 9.00. The fourth-order valence-electron chi connectivity index (χ4n) is 4.31. The third kappa shape index (κ3) is 4.24. The Hall–Kier alpha value is -3.48. The number of anilines is 1. The molecule has 7 nitrogen and oxygen atoms in total. The van der Waals surface area contributed by atoms with Gasteiger partial charge in [-0.2, -0.15) is 10.4 Å². The smallest absolute Gasteiger partial charge is 0.167 e. The SMILES string of the molecule is C[C@@H](Oc1cc2c(-c3cnc(N4CCC[C@H]4C#N)c(F)c3)n[nH]c2cc1F)c1c(Cl)cncc1Cl. The third-order valence-electron chi connectivity index (χ3n) is 5.99. The van der Waals surface area contributed by atoms with Gasteiger partial charge in [0.15, 0.2) is 23.2 Å².